The molecule has 1 N–H and O–H groups in total. The largest absolute Gasteiger partial charge is 0.496 e. The van der Waals surface area contributed by atoms with Gasteiger partial charge in [-0.1, -0.05) is 6.07 Å². The van der Waals surface area contributed by atoms with E-state index in [0.717, 1.165) is 15.8 Å². The molecule has 92 valence electrons. The Labute approximate surface area is 114 Å². The molecule has 0 saturated heterocycles. The lowest BCUT2D eigenvalue weighted by molar-refractivity contribution is 0.412. The van der Waals surface area contributed by atoms with Crippen LogP contribution >= 0.6 is 15.9 Å². The van der Waals surface area contributed by atoms with Gasteiger partial charge in [0.15, 0.2) is 0 Å². The molecule has 1 heterocycles. The molecule has 0 radical (unpaired) electrons. The SMILES string of the molecule is COc1ccc(/C=N/Nc2ccccn2)cc1Br. The van der Waals surface area contributed by atoms with Crippen molar-refractivity contribution in [1.29, 1.82) is 0 Å². The van der Waals surface area contributed by atoms with Gasteiger partial charge in [-0.25, -0.2) is 4.98 Å². The van der Waals surface area contributed by atoms with Gasteiger partial charge in [-0.15, -0.1) is 0 Å². The van der Waals surface area contributed by atoms with Crippen LogP contribution in [-0.2, 0) is 0 Å². The Morgan fingerprint density at radius 1 is 1.33 bits per heavy atom. The van der Waals surface area contributed by atoms with Crippen molar-refractivity contribution in [2.24, 2.45) is 5.10 Å². The van der Waals surface area contributed by atoms with Gasteiger partial charge < -0.3 is 4.74 Å². The van der Waals surface area contributed by atoms with Gasteiger partial charge in [-0.05, 0) is 51.8 Å². The van der Waals surface area contributed by atoms with Gasteiger partial charge in [-0.2, -0.15) is 5.10 Å². The first-order chi connectivity index (χ1) is 8.79. The van der Waals surface area contributed by atoms with Crippen LogP contribution in [0.5, 0.6) is 5.75 Å². The van der Waals surface area contributed by atoms with E-state index in [0.29, 0.717) is 5.82 Å². The van der Waals surface area contributed by atoms with Crippen LogP contribution in [0.4, 0.5) is 5.82 Å². The Kier molecular flexibility index (Phi) is 4.30. The summed E-state index contributed by atoms with van der Waals surface area (Å²) in [6.45, 7) is 0. The molecule has 0 unspecified atom stereocenters. The topological polar surface area (TPSA) is 46.5 Å². The number of anilines is 1. The Morgan fingerprint density at radius 2 is 2.22 bits per heavy atom. The first-order valence-corrected chi connectivity index (χ1v) is 6.12. The average Bonchev–Trinajstić information content (AvgIpc) is 2.40. The van der Waals surface area contributed by atoms with Gasteiger partial charge in [0.25, 0.3) is 0 Å². The fourth-order valence-electron chi connectivity index (χ4n) is 1.36. The molecule has 0 amide bonds. The summed E-state index contributed by atoms with van der Waals surface area (Å²) in [4.78, 5) is 4.10. The predicted octanol–water partition coefficient (Wildman–Crippen LogP) is 3.30. The van der Waals surface area contributed by atoms with E-state index in [2.05, 4.69) is 31.4 Å². The van der Waals surface area contributed by atoms with E-state index in [4.69, 9.17) is 4.74 Å². The molecule has 1 aromatic heterocycles. The van der Waals surface area contributed by atoms with Crippen LogP contribution in [0.25, 0.3) is 0 Å². The molecule has 0 atom stereocenters. The van der Waals surface area contributed by atoms with Crippen molar-refractivity contribution in [3.8, 4) is 5.75 Å². The molecule has 2 rings (SSSR count). The van der Waals surface area contributed by atoms with Gasteiger partial charge in [0.1, 0.15) is 11.6 Å². The Hall–Kier alpha value is -1.88. The fraction of sp³-hybridized carbons (Fsp3) is 0.0769. The van der Waals surface area contributed by atoms with E-state index in [1.165, 1.54) is 0 Å². The first kappa shape index (κ1) is 12.6. The number of rotatable bonds is 4. The van der Waals surface area contributed by atoms with Gasteiger partial charge in [-0.3, -0.25) is 5.43 Å². The molecular formula is C13H12BrN3O. The van der Waals surface area contributed by atoms with Crippen molar-refractivity contribution in [2.75, 3.05) is 12.5 Å². The number of hydrazone groups is 1. The number of nitrogens with zero attached hydrogens (tertiary/aromatic N) is 2. The van der Waals surface area contributed by atoms with Crippen molar-refractivity contribution < 1.29 is 4.74 Å². The minimum absolute atomic E-state index is 0.710. The number of ether oxygens (including phenoxy) is 1. The Morgan fingerprint density at radius 3 is 2.89 bits per heavy atom. The highest BCUT2D eigenvalue weighted by molar-refractivity contribution is 9.10. The van der Waals surface area contributed by atoms with Crippen molar-refractivity contribution in [2.45, 2.75) is 0 Å². The summed E-state index contributed by atoms with van der Waals surface area (Å²) in [5.41, 5.74) is 3.82. The van der Waals surface area contributed by atoms with E-state index in [1.54, 1.807) is 19.5 Å². The molecule has 0 aliphatic rings. The number of halogens is 1. The summed E-state index contributed by atoms with van der Waals surface area (Å²) in [7, 11) is 1.64. The molecule has 0 bridgehead atoms. The third-order valence-electron chi connectivity index (χ3n) is 2.23. The minimum Gasteiger partial charge on any atom is -0.496 e. The summed E-state index contributed by atoms with van der Waals surface area (Å²) < 4.78 is 6.05. The molecular weight excluding hydrogens is 294 g/mol. The molecule has 2 aromatic rings. The lowest BCUT2D eigenvalue weighted by atomic mass is 10.2. The molecule has 18 heavy (non-hydrogen) atoms. The monoisotopic (exact) mass is 305 g/mol. The highest BCUT2D eigenvalue weighted by atomic mass is 79.9. The second kappa shape index (κ2) is 6.16. The third kappa shape index (κ3) is 3.30. The normalized spacial score (nSPS) is 10.6. The molecule has 5 heteroatoms. The van der Waals surface area contributed by atoms with Crippen LogP contribution in [-0.4, -0.2) is 18.3 Å². The van der Waals surface area contributed by atoms with Gasteiger partial charge in [0.05, 0.1) is 17.8 Å². The fourth-order valence-corrected chi connectivity index (χ4v) is 1.92. The number of nitrogens with one attached hydrogen (secondary N) is 1. The summed E-state index contributed by atoms with van der Waals surface area (Å²) in [5.74, 6) is 1.51. The third-order valence-corrected chi connectivity index (χ3v) is 2.85. The van der Waals surface area contributed by atoms with Crippen LogP contribution < -0.4 is 10.2 Å². The molecule has 0 spiro atoms. The minimum atomic E-state index is 0.710. The number of aromatic nitrogens is 1. The van der Waals surface area contributed by atoms with E-state index < -0.39 is 0 Å². The van der Waals surface area contributed by atoms with E-state index >= 15 is 0 Å². The van der Waals surface area contributed by atoms with Crippen LogP contribution in [0, 0.1) is 0 Å². The smallest absolute Gasteiger partial charge is 0.146 e. The van der Waals surface area contributed by atoms with Crippen molar-refractivity contribution in [3.63, 3.8) is 0 Å². The molecule has 0 saturated carbocycles. The second-order valence-electron chi connectivity index (χ2n) is 3.48. The highest BCUT2D eigenvalue weighted by Gasteiger charge is 1.99. The summed E-state index contributed by atoms with van der Waals surface area (Å²) in [6.07, 6.45) is 3.43. The van der Waals surface area contributed by atoms with Crippen LogP contribution in [0.2, 0.25) is 0 Å². The maximum absolute atomic E-state index is 5.16. The van der Waals surface area contributed by atoms with E-state index in [-0.39, 0.29) is 0 Å². The molecule has 4 nitrogen and oxygen atoms in total. The zero-order valence-electron chi connectivity index (χ0n) is 9.80. The van der Waals surface area contributed by atoms with Gasteiger partial charge >= 0.3 is 0 Å². The van der Waals surface area contributed by atoms with Gasteiger partial charge in [0.2, 0.25) is 0 Å². The van der Waals surface area contributed by atoms with Crippen LogP contribution in [0.3, 0.4) is 0 Å². The molecule has 1 aromatic carbocycles. The second-order valence-corrected chi connectivity index (χ2v) is 4.33. The predicted molar refractivity (Wildman–Crippen MR) is 76.1 cm³/mol. The Balaban J connectivity index is 2.03. The highest BCUT2D eigenvalue weighted by Crippen LogP contribution is 2.24. The van der Waals surface area contributed by atoms with Crippen LogP contribution in [0.15, 0.2) is 52.2 Å². The Bertz CT molecular complexity index is 543. The zero-order chi connectivity index (χ0) is 12.8. The van der Waals surface area contributed by atoms with Crippen LogP contribution in [0.1, 0.15) is 5.56 Å². The number of methoxy groups -OCH3 is 1. The summed E-state index contributed by atoms with van der Waals surface area (Å²) >= 11 is 3.42. The molecule has 0 aliphatic carbocycles. The quantitative estimate of drug-likeness (QED) is 0.696. The van der Waals surface area contributed by atoms with Crippen molar-refractivity contribution >= 4 is 28.0 Å². The number of hydrogen-bond donors (Lipinski definition) is 1. The number of benzene rings is 1. The maximum atomic E-state index is 5.16. The lowest BCUT2D eigenvalue weighted by Gasteiger charge is -2.03. The van der Waals surface area contributed by atoms with Crippen molar-refractivity contribution in [3.05, 3.63) is 52.6 Å². The maximum Gasteiger partial charge on any atom is 0.146 e. The zero-order valence-corrected chi connectivity index (χ0v) is 11.4. The van der Waals surface area contributed by atoms with E-state index in [1.807, 2.05) is 36.4 Å². The molecule has 0 aliphatic heterocycles. The number of hydrogen-bond acceptors (Lipinski definition) is 4. The van der Waals surface area contributed by atoms with Gasteiger partial charge in [0, 0.05) is 6.20 Å². The molecule has 0 fully saturated rings. The summed E-state index contributed by atoms with van der Waals surface area (Å²) in [6, 6.07) is 11.3. The first-order valence-electron chi connectivity index (χ1n) is 5.33. The van der Waals surface area contributed by atoms with E-state index in [9.17, 15) is 0 Å². The average molecular weight is 306 g/mol. The standard InChI is InChI=1S/C13H12BrN3O/c1-18-12-6-5-10(8-11(12)14)9-16-17-13-4-2-3-7-15-13/h2-9H,1H3,(H,15,17)/b16-9+. The lowest BCUT2D eigenvalue weighted by Crippen LogP contribution is -1.93. The number of pyridine rings is 1. The summed E-state index contributed by atoms with van der Waals surface area (Å²) in [5, 5.41) is 4.11. The van der Waals surface area contributed by atoms with Crippen molar-refractivity contribution in [1.82, 2.24) is 4.98 Å².